The van der Waals surface area contributed by atoms with E-state index < -0.39 is 17.9 Å². The van der Waals surface area contributed by atoms with E-state index in [0.29, 0.717) is 41.9 Å². The molecule has 0 saturated heterocycles. The molecule has 0 spiro atoms. The second-order valence-corrected chi connectivity index (χ2v) is 7.03. The fourth-order valence-electron chi connectivity index (χ4n) is 2.77. The number of rotatable bonds is 5. The highest BCUT2D eigenvalue weighted by molar-refractivity contribution is 7.08. The molecule has 1 aliphatic heterocycles. The SMILES string of the molecule is O=C(NC[C@H](O)c1ccc(-c2ccsc2)o1)C(=O)Nc1ccc2c(c1)OCCO2. The van der Waals surface area contributed by atoms with Crippen molar-refractivity contribution in [3.8, 4) is 22.8 Å². The van der Waals surface area contributed by atoms with E-state index in [9.17, 15) is 14.7 Å². The van der Waals surface area contributed by atoms with Gasteiger partial charge in [0.2, 0.25) is 0 Å². The number of ether oxygens (including phenoxy) is 2. The molecule has 3 N–H and O–H groups in total. The lowest BCUT2D eigenvalue weighted by Crippen LogP contribution is -2.37. The Morgan fingerprint density at radius 3 is 2.69 bits per heavy atom. The lowest BCUT2D eigenvalue weighted by atomic mass is 10.2. The van der Waals surface area contributed by atoms with Crippen molar-refractivity contribution in [1.29, 1.82) is 0 Å². The highest BCUT2D eigenvalue weighted by Crippen LogP contribution is 2.32. The number of amides is 2. The van der Waals surface area contributed by atoms with Gasteiger partial charge in [-0.05, 0) is 35.7 Å². The number of furan rings is 1. The number of carbonyl (C=O) groups is 2. The Kier molecular flexibility index (Phi) is 5.50. The minimum atomic E-state index is -1.08. The molecule has 0 saturated carbocycles. The van der Waals surface area contributed by atoms with Gasteiger partial charge in [0.25, 0.3) is 0 Å². The molecule has 1 aromatic carbocycles. The number of hydrogen-bond donors (Lipinski definition) is 3. The van der Waals surface area contributed by atoms with Crippen LogP contribution in [0, 0.1) is 0 Å². The van der Waals surface area contributed by atoms with Crippen molar-refractivity contribution < 1.29 is 28.6 Å². The van der Waals surface area contributed by atoms with E-state index >= 15 is 0 Å². The summed E-state index contributed by atoms with van der Waals surface area (Å²) in [6, 6.07) is 10.2. The van der Waals surface area contributed by atoms with E-state index in [1.807, 2.05) is 16.8 Å². The second-order valence-electron chi connectivity index (χ2n) is 6.25. The van der Waals surface area contributed by atoms with Gasteiger partial charge in [-0.25, -0.2) is 0 Å². The zero-order valence-corrected chi connectivity index (χ0v) is 16.0. The summed E-state index contributed by atoms with van der Waals surface area (Å²) in [5.74, 6) is 0.295. The first-order valence-electron chi connectivity index (χ1n) is 8.89. The van der Waals surface area contributed by atoms with E-state index in [-0.39, 0.29) is 6.54 Å². The number of aliphatic hydroxyl groups excluding tert-OH is 1. The fourth-order valence-corrected chi connectivity index (χ4v) is 3.42. The molecule has 2 amide bonds. The quantitative estimate of drug-likeness (QED) is 0.554. The summed E-state index contributed by atoms with van der Waals surface area (Å²) in [4.78, 5) is 24.1. The number of carbonyl (C=O) groups excluding carboxylic acids is 2. The van der Waals surface area contributed by atoms with Gasteiger partial charge in [-0.2, -0.15) is 11.3 Å². The topological polar surface area (TPSA) is 110 Å². The van der Waals surface area contributed by atoms with Crippen LogP contribution in [0.3, 0.4) is 0 Å². The molecule has 4 rings (SSSR count). The molecule has 0 radical (unpaired) electrons. The average Bonchev–Trinajstić information content (AvgIpc) is 3.43. The number of benzene rings is 1. The first-order chi connectivity index (χ1) is 14.1. The summed E-state index contributed by atoms with van der Waals surface area (Å²) < 4.78 is 16.5. The monoisotopic (exact) mass is 414 g/mol. The number of hydrogen-bond acceptors (Lipinski definition) is 7. The van der Waals surface area contributed by atoms with Crippen LogP contribution in [0.15, 0.2) is 51.6 Å². The van der Waals surface area contributed by atoms with E-state index in [1.54, 1.807) is 30.3 Å². The molecule has 0 aliphatic carbocycles. The van der Waals surface area contributed by atoms with Crippen LogP contribution in [0.4, 0.5) is 5.69 Å². The molecule has 2 aromatic heterocycles. The van der Waals surface area contributed by atoms with Gasteiger partial charge in [0, 0.05) is 22.7 Å². The smallest absolute Gasteiger partial charge is 0.313 e. The molecule has 150 valence electrons. The Morgan fingerprint density at radius 1 is 1.07 bits per heavy atom. The van der Waals surface area contributed by atoms with Crippen molar-refractivity contribution >= 4 is 28.8 Å². The molecule has 0 fully saturated rings. The van der Waals surface area contributed by atoms with E-state index in [0.717, 1.165) is 5.56 Å². The number of anilines is 1. The van der Waals surface area contributed by atoms with Crippen LogP contribution in [0.1, 0.15) is 11.9 Å². The molecule has 0 bridgehead atoms. The fraction of sp³-hybridized carbons (Fsp3) is 0.200. The van der Waals surface area contributed by atoms with Gasteiger partial charge in [-0.1, -0.05) is 0 Å². The molecular weight excluding hydrogens is 396 g/mol. The first kappa shape index (κ1) is 19.0. The molecule has 9 heteroatoms. The summed E-state index contributed by atoms with van der Waals surface area (Å²) in [6.45, 7) is 0.724. The maximum Gasteiger partial charge on any atom is 0.313 e. The summed E-state index contributed by atoms with van der Waals surface area (Å²) in [7, 11) is 0. The molecule has 8 nitrogen and oxygen atoms in total. The molecule has 3 aromatic rings. The third-order valence-corrected chi connectivity index (χ3v) is 4.91. The Morgan fingerprint density at radius 2 is 1.90 bits per heavy atom. The number of thiophene rings is 1. The Hall–Kier alpha value is -3.30. The first-order valence-corrected chi connectivity index (χ1v) is 9.83. The molecule has 29 heavy (non-hydrogen) atoms. The lowest BCUT2D eigenvalue weighted by molar-refractivity contribution is -0.136. The van der Waals surface area contributed by atoms with Gasteiger partial charge in [-0.3, -0.25) is 9.59 Å². The van der Waals surface area contributed by atoms with Gasteiger partial charge in [0.1, 0.15) is 30.8 Å². The molecular formula is C20H18N2O6S. The van der Waals surface area contributed by atoms with E-state index in [2.05, 4.69) is 10.6 Å². The number of nitrogens with one attached hydrogen (secondary N) is 2. The Bertz CT molecular complexity index is 1010. The Balaban J connectivity index is 1.30. The third-order valence-electron chi connectivity index (χ3n) is 4.22. The number of aliphatic hydroxyl groups is 1. The van der Waals surface area contributed by atoms with Crippen LogP contribution in [0.25, 0.3) is 11.3 Å². The summed E-state index contributed by atoms with van der Waals surface area (Å²) in [6.07, 6.45) is -1.08. The highest BCUT2D eigenvalue weighted by Gasteiger charge is 2.19. The maximum atomic E-state index is 12.1. The average molecular weight is 414 g/mol. The van der Waals surface area contributed by atoms with Crippen molar-refractivity contribution in [2.75, 3.05) is 25.1 Å². The summed E-state index contributed by atoms with van der Waals surface area (Å²) >= 11 is 1.54. The zero-order valence-electron chi connectivity index (χ0n) is 15.2. The molecule has 1 atom stereocenters. The predicted molar refractivity (Wildman–Crippen MR) is 106 cm³/mol. The van der Waals surface area contributed by atoms with E-state index in [1.165, 1.54) is 11.3 Å². The largest absolute Gasteiger partial charge is 0.486 e. The Labute approximate surface area is 170 Å². The molecule has 1 aliphatic rings. The van der Waals surface area contributed by atoms with Crippen molar-refractivity contribution in [2.45, 2.75) is 6.10 Å². The van der Waals surface area contributed by atoms with E-state index in [4.69, 9.17) is 13.9 Å². The highest BCUT2D eigenvalue weighted by atomic mass is 32.1. The zero-order chi connectivity index (χ0) is 20.2. The van der Waals surface area contributed by atoms with Crippen LogP contribution < -0.4 is 20.1 Å². The van der Waals surface area contributed by atoms with Gasteiger partial charge < -0.3 is 29.6 Å². The van der Waals surface area contributed by atoms with Crippen molar-refractivity contribution in [1.82, 2.24) is 5.32 Å². The third kappa shape index (κ3) is 4.41. The van der Waals surface area contributed by atoms with Crippen molar-refractivity contribution in [3.63, 3.8) is 0 Å². The summed E-state index contributed by atoms with van der Waals surface area (Å²) in [5, 5.41) is 19.0. The second kappa shape index (κ2) is 8.38. The molecule has 3 heterocycles. The van der Waals surface area contributed by atoms with Crippen LogP contribution in [0.5, 0.6) is 11.5 Å². The van der Waals surface area contributed by atoms with Gasteiger partial charge in [0.15, 0.2) is 11.5 Å². The van der Waals surface area contributed by atoms with Gasteiger partial charge >= 0.3 is 11.8 Å². The lowest BCUT2D eigenvalue weighted by Gasteiger charge is -2.19. The normalized spacial score (nSPS) is 13.6. The van der Waals surface area contributed by atoms with Crippen LogP contribution in [-0.2, 0) is 9.59 Å². The predicted octanol–water partition coefficient (Wildman–Crippen LogP) is 2.57. The standard InChI is InChI=1S/C20H18N2O6S/c23-14(16-4-3-15(28-16)12-5-8-29-11-12)10-21-19(24)20(25)22-13-1-2-17-18(9-13)27-7-6-26-17/h1-5,8-9,11,14,23H,6-7,10H2,(H,21,24)(H,22,25)/t14-/m0/s1. The minimum Gasteiger partial charge on any atom is -0.486 e. The minimum absolute atomic E-state index is 0.163. The van der Waals surface area contributed by atoms with Crippen molar-refractivity contribution in [2.24, 2.45) is 0 Å². The molecule has 0 unspecified atom stereocenters. The van der Waals surface area contributed by atoms with Gasteiger partial charge in [-0.15, -0.1) is 0 Å². The van der Waals surface area contributed by atoms with Gasteiger partial charge in [0.05, 0.1) is 6.54 Å². The van der Waals surface area contributed by atoms with Crippen LogP contribution in [-0.4, -0.2) is 36.7 Å². The maximum absolute atomic E-state index is 12.1. The number of fused-ring (bicyclic) bond motifs is 1. The van der Waals surface area contributed by atoms with Crippen molar-refractivity contribution in [3.05, 3.63) is 52.9 Å². The summed E-state index contributed by atoms with van der Waals surface area (Å²) in [5.41, 5.74) is 1.32. The van der Waals surface area contributed by atoms with Crippen LogP contribution >= 0.6 is 11.3 Å². The van der Waals surface area contributed by atoms with Crippen LogP contribution in [0.2, 0.25) is 0 Å².